The molecule has 3 heteroatoms. The number of hydrogen-bond acceptors (Lipinski definition) is 2. The molecule has 88 valence electrons. The number of hydrogen-bond donors (Lipinski definition) is 1. The van der Waals surface area contributed by atoms with Crippen molar-refractivity contribution in [1.29, 1.82) is 0 Å². The summed E-state index contributed by atoms with van der Waals surface area (Å²) >= 11 is 0. The van der Waals surface area contributed by atoms with Crippen LogP contribution in [0.15, 0.2) is 47.5 Å². The Morgan fingerprint density at radius 3 is 2.50 bits per heavy atom. The van der Waals surface area contributed by atoms with Gasteiger partial charge in [0.15, 0.2) is 0 Å². The predicted octanol–water partition coefficient (Wildman–Crippen LogP) is 3.11. The van der Waals surface area contributed by atoms with Gasteiger partial charge in [0, 0.05) is 11.8 Å². The number of phenols is 1. The van der Waals surface area contributed by atoms with Gasteiger partial charge in [0.05, 0.1) is 5.69 Å². The molecule has 0 bridgehead atoms. The van der Waals surface area contributed by atoms with E-state index in [-0.39, 0.29) is 24.6 Å². The van der Waals surface area contributed by atoms with Gasteiger partial charge in [-0.05, 0) is 43.2 Å². The first kappa shape index (κ1) is 14.6. The predicted molar refractivity (Wildman–Crippen MR) is 78.4 cm³/mol. The molecule has 0 spiro atoms. The van der Waals surface area contributed by atoms with Gasteiger partial charge in [-0.25, -0.2) is 0 Å². The molecule has 0 saturated carbocycles. The Morgan fingerprint density at radius 2 is 1.78 bits per heavy atom. The van der Waals surface area contributed by atoms with E-state index in [4.69, 9.17) is 0 Å². The Bertz CT molecular complexity index is 564. The van der Waals surface area contributed by atoms with Gasteiger partial charge in [-0.1, -0.05) is 24.3 Å². The normalized spacial score (nSPS) is 10.3. The van der Waals surface area contributed by atoms with Crippen LogP contribution < -0.4 is 0 Å². The number of rotatable bonds is 2. The van der Waals surface area contributed by atoms with Gasteiger partial charge in [-0.15, -0.1) is 0 Å². The van der Waals surface area contributed by atoms with Crippen molar-refractivity contribution in [3.63, 3.8) is 0 Å². The minimum absolute atomic E-state index is 0. The first-order chi connectivity index (χ1) is 8.16. The molecule has 0 aromatic heterocycles. The van der Waals surface area contributed by atoms with Crippen molar-refractivity contribution in [2.24, 2.45) is 4.99 Å². The first-order valence-electron chi connectivity index (χ1n) is 5.56. The van der Waals surface area contributed by atoms with Gasteiger partial charge >= 0.3 is 18.9 Å². The summed E-state index contributed by atoms with van der Waals surface area (Å²) in [5.41, 5.74) is 3.98. The molecule has 0 aliphatic heterocycles. The second-order valence-corrected chi connectivity index (χ2v) is 4.11. The molecular weight excluding hydrogens is 217 g/mol. The number of aliphatic imine (C=N–C) groups is 1. The maximum atomic E-state index is 9.62. The number of benzene rings is 2. The van der Waals surface area contributed by atoms with Crippen molar-refractivity contribution in [2.45, 2.75) is 13.8 Å². The van der Waals surface area contributed by atoms with E-state index in [1.165, 1.54) is 5.56 Å². The quantitative estimate of drug-likeness (QED) is 0.627. The SMILES string of the molecule is Cc1ccc(C)c(/N=C/c2ccccc2O)c1.[LiH]. The second kappa shape index (κ2) is 6.44. The van der Waals surface area contributed by atoms with Crippen LogP contribution in [-0.2, 0) is 0 Å². The van der Waals surface area contributed by atoms with E-state index in [0.717, 1.165) is 16.8 Å². The minimum atomic E-state index is 0. The molecule has 2 aromatic rings. The summed E-state index contributed by atoms with van der Waals surface area (Å²) in [7, 11) is 0. The maximum absolute atomic E-state index is 9.62. The Labute approximate surface area is 120 Å². The van der Waals surface area contributed by atoms with Crippen LogP contribution in [0.4, 0.5) is 5.69 Å². The van der Waals surface area contributed by atoms with E-state index < -0.39 is 0 Å². The Kier molecular flexibility index (Phi) is 5.21. The number of nitrogens with zero attached hydrogens (tertiary/aromatic N) is 1. The molecule has 1 N–H and O–H groups in total. The number of para-hydroxylation sites is 1. The van der Waals surface area contributed by atoms with Crippen molar-refractivity contribution in [2.75, 3.05) is 0 Å². The van der Waals surface area contributed by atoms with Crippen LogP contribution in [0.3, 0.4) is 0 Å². The molecule has 2 aromatic carbocycles. The van der Waals surface area contributed by atoms with Gasteiger partial charge in [-0.2, -0.15) is 0 Å². The van der Waals surface area contributed by atoms with Crippen LogP contribution in [0.1, 0.15) is 16.7 Å². The topological polar surface area (TPSA) is 32.6 Å². The van der Waals surface area contributed by atoms with Gasteiger partial charge in [0.2, 0.25) is 0 Å². The van der Waals surface area contributed by atoms with Crippen LogP contribution in [0, 0.1) is 13.8 Å². The van der Waals surface area contributed by atoms with Crippen molar-refractivity contribution in [3.8, 4) is 5.75 Å². The Morgan fingerprint density at radius 1 is 1.06 bits per heavy atom. The van der Waals surface area contributed by atoms with E-state index in [0.29, 0.717) is 0 Å². The van der Waals surface area contributed by atoms with Crippen LogP contribution in [-0.4, -0.2) is 30.2 Å². The average molecular weight is 233 g/mol. The zero-order valence-electron chi connectivity index (χ0n) is 10.0. The summed E-state index contributed by atoms with van der Waals surface area (Å²) < 4.78 is 0. The van der Waals surface area contributed by atoms with Crippen LogP contribution in [0.2, 0.25) is 0 Å². The third-order valence-electron chi connectivity index (χ3n) is 2.64. The molecule has 2 rings (SSSR count). The fraction of sp³-hybridized carbons (Fsp3) is 0.133. The van der Waals surface area contributed by atoms with E-state index in [9.17, 15) is 5.11 Å². The van der Waals surface area contributed by atoms with Crippen molar-refractivity contribution in [1.82, 2.24) is 0 Å². The third kappa shape index (κ3) is 3.50. The summed E-state index contributed by atoms with van der Waals surface area (Å²) in [5.74, 6) is 0.251. The Hall–Kier alpha value is -1.49. The molecule has 0 fully saturated rings. The zero-order chi connectivity index (χ0) is 12.3. The number of aryl methyl sites for hydroxylation is 2. The van der Waals surface area contributed by atoms with Gasteiger partial charge in [0.25, 0.3) is 0 Å². The molecule has 2 nitrogen and oxygen atoms in total. The molecule has 0 atom stereocenters. The van der Waals surface area contributed by atoms with Crippen LogP contribution >= 0.6 is 0 Å². The van der Waals surface area contributed by atoms with E-state index >= 15 is 0 Å². The van der Waals surface area contributed by atoms with Gasteiger partial charge in [-0.3, -0.25) is 4.99 Å². The molecule has 0 amide bonds. The fourth-order valence-corrected chi connectivity index (χ4v) is 1.59. The van der Waals surface area contributed by atoms with Crippen molar-refractivity contribution < 1.29 is 5.11 Å². The Balaban J connectivity index is 0.00000162. The summed E-state index contributed by atoms with van der Waals surface area (Å²) in [6.07, 6.45) is 1.69. The van der Waals surface area contributed by atoms with Crippen molar-refractivity contribution >= 4 is 30.8 Å². The zero-order valence-corrected chi connectivity index (χ0v) is 10.0. The second-order valence-electron chi connectivity index (χ2n) is 4.11. The molecular formula is C15H16LiNO. The molecule has 0 radical (unpaired) electrons. The average Bonchev–Trinajstić information content (AvgIpc) is 2.32. The van der Waals surface area contributed by atoms with E-state index in [1.54, 1.807) is 18.3 Å². The molecule has 0 heterocycles. The summed E-state index contributed by atoms with van der Waals surface area (Å²) in [6.45, 7) is 4.06. The monoisotopic (exact) mass is 233 g/mol. The standard InChI is InChI=1S/C15H15NO.Li.H/c1-11-7-8-12(2)14(9-11)16-10-13-5-3-4-6-15(13)17;;/h3-10,17H,1-2H3;;/b16-10+;;. The first-order valence-corrected chi connectivity index (χ1v) is 5.56. The number of phenolic OH excluding ortho intramolecular Hbond substituents is 1. The van der Waals surface area contributed by atoms with Crippen LogP contribution in [0.25, 0.3) is 0 Å². The van der Waals surface area contributed by atoms with Crippen molar-refractivity contribution in [3.05, 3.63) is 59.2 Å². The van der Waals surface area contributed by atoms with Crippen LogP contribution in [0.5, 0.6) is 5.75 Å². The third-order valence-corrected chi connectivity index (χ3v) is 2.64. The molecule has 0 saturated heterocycles. The summed E-state index contributed by atoms with van der Waals surface area (Å²) in [4.78, 5) is 4.41. The fourth-order valence-electron chi connectivity index (χ4n) is 1.59. The van der Waals surface area contributed by atoms with E-state index in [2.05, 4.69) is 11.1 Å². The molecule has 18 heavy (non-hydrogen) atoms. The molecule has 0 unspecified atom stereocenters. The van der Waals surface area contributed by atoms with E-state index in [1.807, 2.05) is 38.1 Å². The molecule has 0 aliphatic carbocycles. The summed E-state index contributed by atoms with van der Waals surface area (Å²) in [6, 6.07) is 13.3. The number of aromatic hydroxyl groups is 1. The molecule has 0 aliphatic rings. The van der Waals surface area contributed by atoms with Gasteiger partial charge in [0.1, 0.15) is 5.75 Å². The summed E-state index contributed by atoms with van der Waals surface area (Å²) in [5, 5.41) is 9.62. The van der Waals surface area contributed by atoms with Gasteiger partial charge < -0.3 is 5.11 Å².